The third-order valence-corrected chi connectivity index (χ3v) is 3.82. The molecule has 1 unspecified atom stereocenters. The average molecular weight is 295 g/mol. The molecule has 1 atom stereocenters. The molecule has 1 fully saturated rings. The van der Waals surface area contributed by atoms with Crippen molar-refractivity contribution in [3.05, 3.63) is 30.1 Å². The smallest absolute Gasteiger partial charge is 0.322 e. The van der Waals surface area contributed by atoms with Crippen molar-refractivity contribution >= 4 is 11.7 Å². The summed E-state index contributed by atoms with van der Waals surface area (Å²) < 4.78 is 17.5. The summed E-state index contributed by atoms with van der Waals surface area (Å²) in [5.74, 6) is -0.575. The molecule has 0 amide bonds. The Morgan fingerprint density at radius 1 is 1.29 bits per heavy atom. The number of hydrogen-bond donors (Lipinski definition) is 1. The van der Waals surface area contributed by atoms with Gasteiger partial charge in [0.2, 0.25) is 0 Å². The second-order valence-corrected chi connectivity index (χ2v) is 5.22. The highest BCUT2D eigenvalue weighted by molar-refractivity contribution is 5.75. The first kappa shape index (κ1) is 15.7. The third-order valence-electron chi connectivity index (χ3n) is 3.82. The number of esters is 1. The number of nitrogens with two attached hydrogens (primary N) is 1. The SMILES string of the molecule is COC(=O)C(N)CCN1CCN(c2ccc(F)cc2)CC1. The van der Waals surface area contributed by atoms with Gasteiger partial charge in [-0.25, -0.2) is 4.39 Å². The van der Waals surface area contributed by atoms with Gasteiger partial charge in [-0.15, -0.1) is 0 Å². The third kappa shape index (κ3) is 4.41. The number of carbonyl (C=O) groups excluding carboxylic acids is 1. The lowest BCUT2D eigenvalue weighted by Crippen LogP contribution is -2.48. The summed E-state index contributed by atoms with van der Waals surface area (Å²) in [5, 5.41) is 0. The van der Waals surface area contributed by atoms with Crippen LogP contribution in [0, 0.1) is 5.82 Å². The Balaban J connectivity index is 1.75. The molecule has 1 aromatic carbocycles. The highest BCUT2D eigenvalue weighted by Gasteiger charge is 2.19. The zero-order chi connectivity index (χ0) is 15.2. The normalized spacial score (nSPS) is 17.6. The number of carbonyl (C=O) groups is 1. The fourth-order valence-electron chi connectivity index (χ4n) is 2.47. The molecular formula is C15H22FN3O2. The summed E-state index contributed by atoms with van der Waals surface area (Å²) in [6.45, 7) is 4.38. The van der Waals surface area contributed by atoms with E-state index in [1.807, 2.05) is 0 Å². The zero-order valence-corrected chi connectivity index (χ0v) is 12.3. The van der Waals surface area contributed by atoms with Crippen molar-refractivity contribution in [2.45, 2.75) is 12.5 Å². The summed E-state index contributed by atoms with van der Waals surface area (Å²) in [6.07, 6.45) is 0.600. The Morgan fingerprint density at radius 3 is 2.48 bits per heavy atom. The molecule has 0 saturated carbocycles. The highest BCUT2D eigenvalue weighted by Crippen LogP contribution is 2.17. The van der Waals surface area contributed by atoms with Crippen LogP contribution in [-0.2, 0) is 9.53 Å². The van der Waals surface area contributed by atoms with E-state index >= 15 is 0 Å². The predicted octanol–water partition coefficient (Wildman–Crippen LogP) is 0.838. The van der Waals surface area contributed by atoms with Gasteiger partial charge in [0.15, 0.2) is 0 Å². The number of nitrogens with zero attached hydrogens (tertiary/aromatic N) is 2. The van der Waals surface area contributed by atoms with Crippen molar-refractivity contribution in [3.8, 4) is 0 Å². The van der Waals surface area contributed by atoms with Crippen molar-refractivity contribution in [1.29, 1.82) is 0 Å². The molecule has 1 aromatic rings. The number of piperazine rings is 1. The fourth-order valence-corrected chi connectivity index (χ4v) is 2.47. The number of benzene rings is 1. The molecule has 0 radical (unpaired) electrons. The van der Waals surface area contributed by atoms with Gasteiger partial charge in [0.05, 0.1) is 7.11 Å². The van der Waals surface area contributed by atoms with Crippen molar-refractivity contribution in [1.82, 2.24) is 4.90 Å². The molecule has 21 heavy (non-hydrogen) atoms. The maximum absolute atomic E-state index is 12.9. The Bertz CT molecular complexity index is 458. The summed E-state index contributed by atoms with van der Waals surface area (Å²) in [7, 11) is 1.35. The minimum absolute atomic E-state index is 0.214. The Kier molecular flexibility index (Phi) is 5.52. The predicted molar refractivity (Wildman–Crippen MR) is 79.7 cm³/mol. The quantitative estimate of drug-likeness (QED) is 0.816. The van der Waals surface area contributed by atoms with Gasteiger partial charge in [0.25, 0.3) is 0 Å². The van der Waals surface area contributed by atoms with Gasteiger partial charge in [-0.3, -0.25) is 9.69 Å². The van der Waals surface area contributed by atoms with Gasteiger partial charge in [0, 0.05) is 38.4 Å². The van der Waals surface area contributed by atoms with Crippen molar-refractivity contribution in [2.75, 3.05) is 44.7 Å². The number of methoxy groups -OCH3 is 1. The van der Waals surface area contributed by atoms with Crippen molar-refractivity contribution in [3.63, 3.8) is 0 Å². The van der Waals surface area contributed by atoms with E-state index in [0.29, 0.717) is 6.42 Å². The van der Waals surface area contributed by atoms with E-state index in [1.165, 1.54) is 19.2 Å². The molecule has 0 bridgehead atoms. The van der Waals surface area contributed by atoms with Crippen LogP contribution in [-0.4, -0.2) is 56.7 Å². The number of rotatable bonds is 5. The molecule has 0 aromatic heterocycles. The Labute approximate surface area is 124 Å². The molecule has 1 aliphatic rings. The summed E-state index contributed by atoms with van der Waals surface area (Å²) in [6, 6.07) is 6.02. The van der Waals surface area contributed by atoms with E-state index in [9.17, 15) is 9.18 Å². The molecule has 6 heteroatoms. The van der Waals surface area contributed by atoms with Gasteiger partial charge < -0.3 is 15.4 Å². The van der Waals surface area contributed by atoms with E-state index < -0.39 is 6.04 Å². The molecule has 1 saturated heterocycles. The molecule has 0 spiro atoms. The maximum atomic E-state index is 12.9. The first-order valence-electron chi connectivity index (χ1n) is 7.16. The zero-order valence-electron chi connectivity index (χ0n) is 12.3. The van der Waals surface area contributed by atoms with Crippen LogP contribution in [0.3, 0.4) is 0 Å². The minimum atomic E-state index is -0.551. The van der Waals surface area contributed by atoms with E-state index in [2.05, 4.69) is 14.5 Å². The lowest BCUT2D eigenvalue weighted by Gasteiger charge is -2.36. The van der Waals surface area contributed by atoms with Gasteiger partial charge in [-0.2, -0.15) is 0 Å². The van der Waals surface area contributed by atoms with E-state index in [1.54, 1.807) is 12.1 Å². The lowest BCUT2D eigenvalue weighted by molar-refractivity contribution is -0.142. The Morgan fingerprint density at radius 2 is 1.90 bits per heavy atom. The molecule has 2 N–H and O–H groups in total. The molecular weight excluding hydrogens is 273 g/mol. The highest BCUT2D eigenvalue weighted by atomic mass is 19.1. The van der Waals surface area contributed by atoms with Gasteiger partial charge in [-0.05, 0) is 30.7 Å². The standard InChI is InChI=1S/C15H22FN3O2/c1-21-15(20)14(17)6-7-18-8-10-19(11-9-18)13-4-2-12(16)3-5-13/h2-5,14H,6-11,17H2,1H3. The topological polar surface area (TPSA) is 58.8 Å². The minimum Gasteiger partial charge on any atom is -0.468 e. The molecule has 1 heterocycles. The van der Waals surface area contributed by atoms with Crippen LogP contribution in [0.4, 0.5) is 10.1 Å². The first-order chi connectivity index (χ1) is 10.1. The summed E-state index contributed by atoms with van der Waals surface area (Å²) in [5.41, 5.74) is 6.77. The van der Waals surface area contributed by atoms with Gasteiger partial charge >= 0.3 is 5.97 Å². The number of hydrogen-bond acceptors (Lipinski definition) is 5. The second kappa shape index (κ2) is 7.38. The van der Waals surface area contributed by atoms with Crippen LogP contribution in [0.2, 0.25) is 0 Å². The molecule has 2 rings (SSSR count). The number of ether oxygens (including phenoxy) is 1. The van der Waals surface area contributed by atoms with Crippen LogP contribution in [0.1, 0.15) is 6.42 Å². The lowest BCUT2D eigenvalue weighted by atomic mass is 10.2. The summed E-state index contributed by atoms with van der Waals surface area (Å²) >= 11 is 0. The monoisotopic (exact) mass is 295 g/mol. The summed E-state index contributed by atoms with van der Waals surface area (Å²) in [4.78, 5) is 15.8. The van der Waals surface area contributed by atoms with Gasteiger partial charge in [-0.1, -0.05) is 0 Å². The number of halogens is 1. The molecule has 1 aliphatic heterocycles. The van der Waals surface area contributed by atoms with Crippen LogP contribution >= 0.6 is 0 Å². The second-order valence-electron chi connectivity index (χ2n) is 5.22. The molecule has 5 nitrogen and oxygen atoms in total. The average Bonchev–Trinajstić information content (AvgIpc) is 2.53. The molecule has 0 aliphatic carbocycles. The van der Waals surface area contributed by atoms with Crippen molar-refractivity contribution in [2.24, 2.45) is 5.73 Å². The van der Waals surface area contributed by atoms with Crippen molar-refractivity contribution < 1.29 is 13.9 Å². The van der Waals surface area contributed by atoms with E-state index in [4.69, 9.17) is 5.73 Å². The Hall–Kier alpha value is -1.66. The van der Waals surface area contributed by atoms with E-state index in [0.717, 1.165) is 38.4 Å². The van der Waals surface area contributed by atoms with Gasteiger partial charge in [0.1, 0.15) is 11.9 Å². The van der Waals surface area contributed by atoms with Crippen LogP contribution in [0.15, 0.2) is 24.3 Å². The number of anilines is 1. The maximum Gasteiger partial charge on any atom is 0.322 e. The largest absolute Gasteiger partial charge is 0.468 e. The first-order valence-corrected chi connectivity index (χ1v) is 7.16. The van der Waals surface area contributed by atoms with E-state index in [-0.39, 0.29) is 11.8 Å². The van der Waals surface area contributed by atoms with Crippen LogP contribution in [0.25, 0.3) is 0 Å². The molecule has 116 valence electrons. The van der Waals surface area contributed by atoms with Crippen LogP contribution in [0.5, 0.6) is 0 Å². The fraction of sp³-hybridized carbons (Fsp3) is 0.533. The van der Waals surface area contributed by atoms with Crippen LogP contribution < -0.4 is 10.6 Å².